The third-order valence-corrected chi connectivity index (χ3v) is 3.54. The minimum Gasteiger partial charge on any atom is -0.459 e. The largest absolute Gasteiger partial charge is 0.459 e. The van der Waals surface area contributed by atoms with E-state index < -0.39 is 17.5 Å². The highest BCUT2D eigenvalue weighted by atomic mass is 19.4. The second kappa shape index (κ2) is 6.27. The zero-order valence-electron chi connectivity index (χ0n) is 13.3. The Balaban J connectivity index is 1.58. The highest BCUT2D eigenvalue weighted by Gasteiger charge is 2.30. The number of furan rings is 1. The van der Waals surface area contributed by atoms with E-state index in [2.05, 4.69) is 15.2 Å². The summed E-state index contributed by atoms with van der Waals surface area (Å²) in [5.41, 5.74) is -0.703. The van der Waals surface area contributed by atoms with Crippen molar-refractivity contribution in [2.75, 3.05) is 0 Å². The van der Waals surface area contributed by atoms with Gasteiger partial charge in [-0.25, -0.2) is 4.79 Å². The average molecular weight is 378 g/mol. The standard InChI is InChI=1S/C16H9F3N4O4/c17-16(18,19)10-4-1-3-9(7-10)13-20-12(27-22-13)8-23-15(24)26-14(21-23)11-5-2-6-25-11/h1-7H,8H2. The molecule has 0 fully saturated rings. The first kappa shape index (κ1) is 16.8. The maximum Gasteiger partial charge on any atom is 0.437 e. The van der Waals surface area contributed by atoms with Crippen molar-refractivity contribution in [2.24, 2.45) is 0 Å². The molecule has 0 amide bonds. The summed E-state index contributed by atoms with van der Waals surface area (Å²) in [5.74, 6) is -0.605. The van der Waals surface area contributed by atoms with Crippen molar-refractivity contribution < 1.29 is 26.5 Å². The SMILES string of the molecule is O=c1oc(-c2ccco2)nn1Cc1nc(-c2cccc(C(F)(F)F)c2)no1. The second-order valence-corrected chi connectivity index (χ2v) is 5.40. The van der Waals surface area contributed by atoms with E-state index in [1.165, 1.54) is 18.4 Å². The van der Waals surface area contributed by atoms with Gasteiger partial charge in [-0.3, -0.25) is 0 Å². The molecular formula is C16H9F3N4O4. The van der Waals surface area contributed by atoms with E-state index in [9.17, 15) is 18.0 Å². The van der Waals surface area contributed by atoms with E-state index >= 15 is 0 Å². The first-order valence-corrected chi connectivity index (χ1v) is 7.52. The molecule has 0 unspecified atom stereocenters. The van der Waals surface area contributed by atoms with Crippen LogP contribution in [0.25, 0.3) is 23.0 Å². The third kappa shape index (κ3) is 3.38. The lowest BCUT2D eigenvalue weighted by molar-refractivity contribution is -0.137. The second-order valence-electron chi connectivity index (χ2n) is 5.40. The van der Waals surface area contributed by atoms with Crippen molar-refractivity contribution in [1.29, 1.82) is 0 Å². The topological polar surface area (TPSA) is 100 Å². The lowest BCUT2D eigenvalue weighted by Crippen LogP contribution is -2.16. The quantitative estimate of drug-likeness (QED) is 0.537. The molecule has 0 spiro atoms. The van der Waals surface area contributed by atoms with Gasteiger partial charge in [-0.2, -0.15) is 22.8 Å². The first-order chi connectivity index (χ1) is 12.9. The fourth-order valence-corrected chi connectivity index (χ4v) is 2.31. The molecule has 1 aromatic carbocycles. The van der Waals surface area contributed by atoms with Crippen molar-refractivity contribution in [3.8, 4) is 23.0 Å². The van der Waals surface area contributed by atoms with Crippen LogP contribution >= 0.6 is 0 Å². The average Bonchev–Trinajstić information content (AvgIpc) is 3.37. The van der Waals surface area contributed by atoms with Gasteiger partial charge in [0.05, 0.1) is 11.8 Å². The molecule has 0 bridgehead atoms. The van der Waals surface area contributed by atoms with Crippen molar-refractivity contribution in [3.05, 3.63) is 64.7 Å². The van der Waals surface area contributed by atoms with Crippen molar-refractivity contribution in [2.45, 2.75) is 12.7 Å². The molecule has 0 N–H and O–H groups in total. The van der Waals surface area contributed by atoms with E-state index in [0.717, 1.165) is 16.8 Å². The minimum atomic E-state index is -4.49. The molecule has 8 nitrogen and oxygen atoms in total. The Labute approximate surface area is 147 Å². The van der Waals surface area contributed by atoms with Gasteiger partial charge < -0.3 is 13.4 Å². The van der Waals surface area contributed by atoms with Gasteiger partial charge in [0, 0.05) is 5.56 Å². The van der Waals surface area contributed by atoms with Crippen LogP contribution in [0, 0.1) is 0 Å². The summed E-state index contributed by atoms with van der Waals surface area (Å²) in [6.45, 7) is -0.213. The molecule has 3 heterocycles. The zero-order valence-corrected chi connectivity index (χ0v) is 13.3. The Hall–Kier alpha value is -3.63. The van der Waals surface area contributed by atoms with Crippen molar-refractivity contribution in [1.82, 2.24) is 19.9 Å². The Morgan fingerprint density at radius 3 is 2.74 bits per heavy atom. The molecule has 0 saturated carbocycles. The van der Waals surface area contributed by atoms with E-state index in [1.54, 1.807) is 12.1 Å². The molecule has 0 saturated heterocycles. The minimum absolute atomic E-state index is 0.0243. The van der Waals surface area contributed by atoms with Crippen LogP contribution in [0.1, 0.15) is 11.5 Å². The molecule has 11 heteroatoms. The molecule has 4 rings (SSSR count). The van der Waals surface area contributed by atoms with Gasteiger partial charge in [-0.1, -0.05) is 17.3 Å². The van der Waals surface area contributed by atoms with Crippen LogP contribution in [0.5, 0.6) is 0 Å². The number of rotatable bonds is 4. The highest BCUT2D eigenvalue weighted by Crippen LogP contribution is 2.31. The van der Waals surface area contributed by atoms with Gasteiger partial charge in [-0.15, -0.1) is 5.10 Å². The summed E-state index contributed by atoms with van der Waals surface area (Å²) in [5, 5.41) is 7.59. The number of hydrogen-bond acceptors (Lipinski definition) is 7. The van der Waals surface area contributed by atoms with Gasteiger partial charge in [0.25, 0.3) is 5.89 Å². The van der Waals surface area contributed by atoms with Gasteiger partial charge in [-0.05, 0) is 24.3 Å². The molecule has 0 atom stereocenters. The summed E-state index contributed by atoms with van der Waals surface area (Å²) in [6.07, 6.45) is -3.09. The third-order valence-electron chi connectivity index (χ3n) is 3.54. The summed E-state index contributed by atoms with van der Waals surface area (Å²) in [7, 11) is 0. The monoisotopic (exact) mass is 378 g/mol. The van der Waals surface area contributed by atoms with Gasteiger partial charge in [0.1, 0.15) is 6.54 Å². The Morgan fingerprint density at radius 1 is 1.15 bits per heavy atom. The summed E-state index contributed by atoms with van der Waals surface area (Å²) < 4.78 is 54.4. The summed E-state index contributed by atoms with van der Waals surface area (Å²) in [4.78, 5) is 15.9. The molecule has 0 aliphatic carbocycles. The molecule has 3 aromatic heterocycles. The molecule has 27 heavy (non-hydrogen) atoms. The van der Waals surface area contributed by atoms with E-state index in [1.807, 2.05) is 0 Å². The lowest BCUT2D eigenvalue weighted by atomic mass is 10.1. The fraction of sp³-hybridized carbons (Fsp3) is 0.125. The molecule has 4 aromatic rings. The van der Waals surface area contributed by atoms with Crippen LogP contribution in [0.4, 0.5) is 13.2 Å². The lowest BCUT2D eigenvalue weighted by Gasteiger charge is -2.06. The van der Waals surface area contributed by atoms with Gasteiger partial charge in [0.15, 0.2) is 5.76 Å². The molecule has 0 aliphatic heterocycles. The molecule has 0 radical (unpaired) electrons. The maximum absolute atomic E-state index is 12.8. The van der Waals surface area contributed by atoms with Crippen LogP contribution in [-0.4, -0.2) is 19.9 Å². The number of hydrogen-bond donors (Lipinski definition) is 0. The van der Waals surface area contributed by atoms with Crippen molar-refractivity contribution >= 4 is 0 Å². The van der Waals surface area contributed by atoms with E-state index in [0.29, 0.717) is 0 Å². The molecule has 0 aliphatic rings. The number of aromatic nitrogens is 4. The number of alkyl halides is 3. The first-order valence-electron chi connectivity index (χ1n) is 7.52. The fourth-order valence-electron chi connectivity index (χ4n) is 2.31. The summed E-state index contributed by atoms with van der Waals surface area (Å²) in [6, 6.07) is 7.68. The molecule has 138 valence electrons. The Bertz CT molecular complexity index is 1130. The predicted molar refractivity (Wildman–Crippen MR) is 82.3 cm³/mol. The number of nitrogens with zero attached hydrogens (tertiary/aromatic N) is 4. The van der Waals surface area contributed by atoms with Crippen LogP contribution < -0.4 is 5.76 Å². The Kier molecular flexibility index (Phi) is 3.90. The summed E-state index contributed by atoms with van der Waals surface area (Å²) >= 11 is 0. The van der Waals surface area contributed by atoms with Crippen LogP contribution in [0.2, 0.25) is 0 Å². The van der Waals surface area contributed by atoms with Gasteiger partial charge >= 0.3 is 11.9 Å². The zero-order chi connectivity index (χ0) is 19.0. The predicted octanol–water partition coefficient (Wildman–Crippen LogP) is 3.21. The number of halogens is 3. The smallest absolute Gasteiger partial charge is 0.437 e. The highest BCUT2D eigenvalue weighted by molar-refractivity contribution is 5.55. The van der Waals surface area contributed by atoms with E-state index in [-0.39, 0.29) is 35.5 Å². The van der Waals surface area contributed by atoms with Crippen LogP contribution in [-0.2, 0) is 12.7 Å². The van der Waals surface area contributed by atoms with Crippen LogP contribution in [0.3, 0.4) is 0 Å². The molecular weight excluding hydrogens is 369 g/mol. The van der Waals surface area contributed by atoms with Crippen molar-refractivity contribution in [3.63, 3.8) is 0 Å². The van der Waals surface area contributed by atoms with E-state index in [4.69, 9.17) is 13.4 Å². The van der Waals surface area contributed by atoms with Crippen LogP contribution in [0.15, 0.2) is 60.8 Å². The van der Waals surface area contributed by atoms with Gasteiger partial charge in [0.2, 0.25) is 11.7 Å². The Morgan fingerprint density at radius 2 is 2.00 bits per heavy atom. The normalized spacial score (nSPS) is 11.8. The maximum atomic E-state index is 12.8. The number of benzene rings is 1.